The molecule has 5 nitrogen and oxygen atoms in total. The minimum Gasteiger partial charge on any atom is -0.481 e. The fourth-order valence-electron chi connectivity index (χ4n) is 2.45. The number of amides is 1. The van der Waals surface area contributed by atoms with Crippen LogP contribution in [0.25, 0.3) is 0 Å². The maximum Gasteiger partial charge on any atom is 0.387 e. The third-order valence-electron chi connectivity index (χ3n) is 3.89. The van der Waals surface area contributed by atoms with E-state index in [2.05, 4.69) is 10.1 Å². The van der Waals surface area contributed by atoms with Crippen molar-refractivity contribution in [2.45, 2.75) is 32.4 Å². The molecule has 0 aliphatic heterocycles. The molecule has 1 aliphatic rings. The molecule has 3 unspecified atom stereocenters. The second kappa shape index (κ2) is 6.72. The van der Waals surface area contributed by atoms with Crippen molar-refractivity contribution in [3.63, 3.8) is 0 Å². The average Bonchev–Trinajstić information content (AvgIpc) is 2.36. The second-order valence-electron chi connectivity index (χ2n) is 5.31. The maximum absolute atomic E-state index is 12.1. The Balaban J connectivity index is 1.93. The summed E-state index contributed by atoms with van der Waals surface area (Å²) in [7, 11) is 0. The van der Waals surface area contributed by atoms with Crippen LogP contribution < -0.4 is 10.1 Å². The maximum atomic E-state index is 12.1. The number of halogens is 2. The quantitative estimate of drug-likeness (QED) is 0.846. The highest BCUT2D eigenvalue weighted by atomic mass is 19.3. The molecule has 120 valence electrons. The first-order valence-corrected chi connectivity index (χ1v) is 6.96. The summed E-state index contributed by atoms with van der Waals surface area (Å²) in [5.74, 6) is -2.32. The lowest BCUT2D eigenvalue weighted by molar-refractivity contribution is -0.152. The number of carbonyl (C=O) groups excluding carboxylic acids is 1. The van der Waals surface area contributed by atoms with Gasteiger partial charge in [0.1, 0.15) is 5.75 Å². The fourth-order valence-corrected chi connectivity index (χ4v) is 2.45. The number of nitrogens with one attached hydrogen (secondary N) is 1. The molecule has 1 aromatic carbocycles. The Bertz CT molecular complexity index is 547. The standard InChI is InChI=1S/C15H17F2NO4/c1-8(9-2-4-10(5-3-9)22-15(16)17)18-13(19)11-6-7-12(11)14(20)21/h2-5,8,11-12,15H,6-7H2,1H3,(H,18,19)(H,20,21). The van der Waals surface area contributed by atoms with Crippen LogP contribution in [0.2, 0.25) is 0 Å². The van der Waals surface area contributed by atoms with Gasteiger partial charge in [-0.2, -0.15) is 8.78 Å². The summed E-state index contributed by atoms with van der Waals surface area (Å²) in [6, 6.07) is 5.61. The fraction of sp³-hybridized carbons (Fsp3) is 0.467. The summed E-state index contributed by atoms with van der Waals surface area (Å²) < 4.78 is 28.4. The first-order chi connectivity index (χ1) is 10.4. The van der Waals surface area contributed by atoms with Gasteiger partial charge in [-0.3, -0.25) is 9.59 Å². The lowest BCUT2D eigenvalue weighted by Crippen LogP contribution is -2.44. The summed E-state index contributed by atoms with van der Waals surface area (Å²) in [5, 5.41) is 11.7. The normalized spacial score (nSPS) is 21.8. The van der Waals surface area contributed by atoms with Crippen LogP contribution in [0.1, 0.15) is 31.4 Å². The molecule has 2 N–H and O–H groups in total. The molecule has 0 bridgehead atoms. The van der Waals surface area contributed by atoms with Crippen molar-refractivity contribution in [3.05, 3.63) is 29.8 Å². The van der Waals surface area contributed by atoms with Gasteiger partial charge in [-0.15, -0.1) is 0 Å². The van der Waals surface area contributed by atoms with Gasteiger partial charge in [0, 0.05) is 0 Å². The monoisotopic (exact) mass is 313 g/mol. The molecule has 1 amide bonds. The van der Waals surface area contributed by atoms with E-state index in [-0.39, 0.29) is 17.7 Å². The third kappa shape index (κ3) is 3.72. The number of alkyl halides is 2. The van der Waals surface area contributed by atoms with E-state index >= 15 is 0 Å². The number of benzene rings is 1. The largest absolute Gasteiger partial charge is 0.481 e. The molecule has 7 heteroatoms. The van der Waals surface area contributed by atoms with Crippen LogP contribution >= 0.6 is 0 Å². The molecule has 1 fully saturated rings. The van der Waals surface area contributed by atoms with Crippen molar-refractivity contribution in [2.24, 2.45) is 11.8 Å². The van der Waals surface area contributed by atoms with Gasteiger partial charge in [0.15, 0.2) is 0 Å². The lowest BCUT2D eigenvalue weighted by atomic mass is 9.73. The van der Waals surface area contributed by atoms with Crippen molar-refractivity contribution in [3.8, 4) is 5.75 Å². The Hall–Kier alpha value is -2.18. The molecule has 0 heterocycles. The minimum atomic E-state index is -2.88. The van der Waals surface area contributed by atoms with Crippen molar-refractivity contribution >= 4 is 11.9 Å². The van der Waals surface area contributed by atoms with E-state index < -0.39 is 24.4 Å². The molecule has 22 heavy (non-hydrogen) atoms. The highest BCUT2D eigenvalue weighted by Gasteiger charge is 2.41. The number of rotatable bonds is 6. The average molecular weight is 313 g/mol. The highest BCUT2D eigenvalue weighted by molar-refractivity contribution is 5.86. The van der Waals surface area contributed by atoms with Gasteiger partial charge in [-0.1, -0.05) is 12.1 Å². The number of hydrogen-bond donors (Lipinski definition) is 2. The van der Waals surface area contributed by atoms with Crippen LogP contribution in [0.4, 0.5) is 8.78 Å². The molecule has 3 atom stereocenters. The van der Waals surface area contributed by atoms with E-state index in [1.807, 2.05) is 0 Å². The third-order valence-corrected chi connectivity index (χ3v) is 3.89. The van der Waals surface area contributed by atoms with Crippen LogP contribution in [-0.4, -0.2) is 23.6 Å². The summed E-state index contributed by atoms with van der Waals surface area (Å²) in [5.41, 5.74) is 0.723. The number of aliphatic carboxylic acids is 1. The Morgan fingerprint density at radius 3 is 2.27 bits per heavy atom. The van der Waals surface area contributed by atoms with Gasteiger partial charge >= 0.3 is 12.6 Å². The van der Waals surface area contributed by atoms with E-state index in [1.54, 1.807) is 19.1 Å². The van der Waals surface area contributed by atoms with Gasteiger partial charge < -0.3 is 15.2 Å². The lowest BCUT2D eigenvalue weighted by Gasteiger charge is -2.33. The molecule has 0 spiro atoms. The summed E-state index contributed by atoms with van der Waals surface area (Å²) in [6.07, 6.45) is 1.08. The van der Waals surface area contributed by atoms with Crippen LogP contribution in [0.5, 0.6) is 5.75 Å². The molecule has 1 saturated carbocycles. The van der Waals surface area contributed by atoms with Crippen LogP contribution in [0.3, 0.4) is 0 Å². The van der Waals surface area contributed by atoms with Crippen molar-refractivity contribution in [2.75, 3.05) is 0 Å². The molecule has 2 rings (SSSR count). The number of carboxylic acid groups (broad SMARTS) is 1. The molecule has 1 aromatic rings. The summed E-state index contributed by atoms with van der Waals surface area (Å²) in [4.78, 5) is 23.0. The van der Waals surface area contributed by atoms with Crippen LogP contribution in [0, 0.1) is 11.8 Å². The first kappa shape index (κ1) is 16.2. The summed E-state index contributed by atoms with van der Waals surface area (Å²) in [6.45, 7) is -1.13. The smallest absolute Gasteiger partial charge is 0.387 e. The Labute approximate surface area is 126 Å². The number of hydrogen-bond acceptors (Lipinski definition) is 3. The minimum absolute atomic E-state index is 0.0437. The predicted octanol–water partition coefficient (Wildman–Crippen LogP) is 2.58. The topological polar surface area (TPSA) is 75.6 Å². The van der Waals surface area contributed by atoms with Crippen LogP contribution in [-0.2, 0) is 9.59 Å². The zero-order chi connectivity index (χ0) is 16.3. The van der Waals surface area contributed by atoms with E-state index in [0.717, 1.165) is 5.56 Å². The first-order valence-electron chi connectivity index (χ1n) is 6.96. The zero-order valence-electron chi connectivity index (χ0n) is 12.0. The number of carboxylic acids is 1. The molecule has 1 aliphatic carbocycles. The second-order valence-corrected chi connectivity index (χ2v) is 5.31. The van der Waals surface area contributed by atoms with E-state index in [1.165, 1.54) is 12.1 Å². The van der Waals surface area contributed by atoms with Crippen molar-refractivity contribution in [1.29, 1.82) is 0 Å². The predicted molar refractivity (Wildman–Crippen MR) is 73.5 cm³/mol. The van der Waals surface area contributed by atoms with Crippen molar-refractivity contribution in [1.82, 2.24) is 5.32 Å². The van der Waals surface area contributed by atoms with E-state index in [9.17, 15) is 18.4 Å². The Morgan fingerprint density at radius 1 is 1.23 bits per heavy atom. The van der Waals surface area contributed by atoms with E-state index in [0.29, 0.717) is 12.8 Å². The highest BCUT2D eigenvalue weighted by Crippen LogP contribution is 2.35. The molecule has 0 aromatic heterocycles. The molecular formula is C15H17F2NO4. The van der Waals surface area contributed by atoms with Gasteiger partial charge in [0.2, 0.25) is 5.91 Å². The molecular weight excluding hydrogens is 296 g/mol. The van der Waals surface area contributed by atoms with Gasteiger partial charge in [-0.05, 0) is 37.5 Å². The van der Waals surface area contributed by atoms with Crippen LogP contribution in [0.15, 0.2) is 24.3 Å². The van der Waals surface area contributed by atoms with Gasteiger partial charge in [0.25, 0.3) is 0 Å². The Kier molecular flexibility index (Phi) is 4.95. The van der Waals surface area contributed by atoms with Gasteiger partial charge in [-0.25, -0.2) is 0 Å². The SMILES string of the molecule is CC(NC(=O)C1CCC1C(=O)O)c1ccc(OC(F)F)cc1. The summed E-state index contributed by atoms with van der Waals surface area (Å²) >= 11 is 0. The number of ether oxygens (including phenoxy) is 1. The molecule has 0 radical (unpaired) electrons. The van der Waals surface area contributed by atoms with E-state index in [4.69, 9.17) is 5.11 Å². The van der Waals surface area contributed by atoms with Crippen molar-refractivity contribution < 1.29 is 28.2 Å². The number of carbonyl (C=O) groups is 2. The van der Waals surface area contributed by atoms with Gasteiger partial charge in [0.05, 0.1) is 17.9 Å². The Morgan fingerprint density at radius 2 is 1.82 bits per heavy atom. The zero-order valence-corrected chi connectivity index (χ0v) is 12.0. The molecule has 0 saturated heterocycles.